The van der Waals surface area contributed by atoms with Crippen LogP contribution in [0.2, 0.25) is 0 Å². The van der Waals surface area contributed by atoms with Crippen molar-refractivity contribution in [2.75, 3.05) is 0 Å². The average molecular weight is 266 g/mol. The largest absolute Gasteiger partial charge is 0.508 e. The number of ketones is 1. The first-order valence-electron chi connectivity index (χ1n) is 6.12. The monoisotopic (exact) mass is 266 g/mol. The molecule has 3 nitrogen and oxygen atoms in total. The molecule has 0 amide bonds. The highest BCUT2D eigenvalue weighted by Crippen LogP contribution is 2.12. The maximum absolute atomic E-state index is 11.7. The second kappa shape index (κ2) is 6.38. The van der Waals surface area contributed by atoms with Gasteiger partial charge < -0.3 is 10.2 Å². The number of carbonyl (C=O) groups excluding carboxylic acids is 1. The molecule has 0 saturated heterocycles. The molecular weight excluding hydrogens is 252 g/mol. The number of benzene rings is 2. The van der Waals surface area contributed by atoms with E-state index in [2.05, 4.69) is 0 Å². The van der Waals surface area contributed by atoms with Crippen LogP contribution in [-0.4, -0.2) is 16.0 Å². The third kappa shape index (κ3) is 4.14. The predicted molar refractivity (Wildman–Crippen MR) is 79.3 cm³/mol. The molecule has 2 rings (SSSR count). The summed E-state index contributed by atoms with van der Waals surface area (Å²) >= 11 is 0. The average Bonchev–Trinajstić information content (AvgIpc) is 2.46. The van der Waals surface area contributed by atoms with E-state index in [-0.39, 0.29) is 17.3 Å². The molecule has 0 radical (unpaired) electrons. The Morgan fingerprint density at radius 1 is 0.700 bits per heavy atom. The van der Waals surface area contributed by atoms with Gasteiger partial charge in [0.05, 0.1) is 0 Å². The van der Waals surface area contributed by atoms with E-state index in [0.29, 0.717) is 0 Å². The molecule has 0 saturated carbocycles. The molecule has 2 aromatic carbocycles. The standard InChI is InChI=1S/C17H14O3/c18-15-7-1-13(2-8-15)5-11-17(20)12-6-14-3-9-16(19)10-4-14/h1-12,18-19H/b11-5-,12-6-. The third-order valence-corrected chi connectivity index (χ3v) is 2.67. The molecule has 0 unspecified atom stereocenters. The molecule has 0 spiro atoms. The zero-order chi connectivity index (χ0) is 14.4. The van der Waals surface area contributed by atoms with Crippen molar-refractivity contribution in [3.63, 3.8) is 0 Å². The molecule has 0 aliphatic heterocycles. The number of phenols is 2. The lowest BCUT2D eigenvalue weighted by atomic mass is 10.1. The zero-order valence-electron chi connectivity index (χ0n) is 10.7. The van der Waals surface area contributed by atoms with Crippen LogP contribution in [-0.2, 0) is 4.79 Å². The molecule has 100 valence electrons. The van der Waals surface area contributed by atoms with Gasteiger partial charge in [-0.2, -0.15) is 0 Å². The molecular formula is C17H14O3. The molecule has 0 aromatic heterocycles. The molecule has 2 aromatic rings. The number of hydrogen-bond donors (Lipinski definition) is 2. The van der Waals surface area contributed by atoms with Crippen molar-refractivity contribution in [2.45, 2.75) is 0 Å². The van der Waals surface area contributed by atoms with Gasteiger partial charge in [-0.1, -0.05) is 36.4 Å². The number of carbonyl (C=O) groups is 1. The number of hydrogen-bond acceptors (Lipinski definition) is 3. The Balaban J connectivity index is 1.98. The van der Waals surface area contributed by atoms with E-state index in [9.17, 15) is 4.79 Å². The van der Waals surface area contributed by atoms with Gasteiger partial charge in [-0.05, 0) is 47.5 Å². The lowest BCUT2D eigenvalue weighted by molar-refractivity contribution is -0.110. The second-order valence-electron chi connectivity index (χ2n) is 4.25. The van der Waals surface area contributed by atoms with E-state index in [1.165, 1.54) is 12.2 Å². The smallest absolute Gasteiger partial charge is 0.178 e. The second-order valence-corrected chi connectivity index (χ2v) is 4.25. The number of phenolic OH excluding ortho intramolecular Hbond substituents is 2. The SMILES string of the molecule is O=C(/C=C\c1ccc(O)cc1)/C=C\c1ccc(O)cc1. The summed E-state index contributed by atoms with van der Waals surface area (Å²) in [6.07, 6.45) is 6.29. The van der Waals surface area contributed by atoms with Crippen LogP contribution in [0.25, 0.3) is 12.2 Å². The lowest BCUT2D eigenvalue weighted by Gasteiger charge is -1.94. The lowest BCUT2D eigenvalue weighted by Crippen LogP contribution is -1.84. The minimum Gasteiger partial charge on any atom is -0.508 e. The fourth-order valence-corrected chi connectivity index (χ4v) is 1.58. The van der Waals surface area contributed by atoms with Crippen molar-refractivity contribution in [3.05, 3.63) is 71.8 Å². The topological polar surface area (TPSA) is 57.5 Å². The highest BCUT2D eigenvalue weighted by atomic mass is 16.3. The maximum atomic E-state index is 11.7. The first-order chi connectivity index (χ1) is 9.63. The van der Waals surface area contributed by atoms with E-state index in [4.69, 9.17) is 10.2 Å². The minimum atomic E-state index is -0.133. The molecule has 2 N–H and O–H groups in total. The van der Waals surface area contributed by atoms with Crippen LogP contribution in [0, 0.1) is 0 Å². The highest BCUT2D eigenvalue weighted by Gasteiger charge is 1.93. The number of rotatable bonds is 4. The normalized spacial score (nSPS) is 11.2. The predicted octanol–water partition coefficient (Wildman–Crippen LogP) is 3.39. The van der Waals surface area contributed by atoms with Gasteiger partial charge in [0.2, 0.25) is 0 Å². The van der Waals surface area contributed by atoms with Crippen molar-refractivity contribution >= 4 is 17.9 Å². The number of aromatic hydroxyl groups is 2. The molecule has 0 aliphatic rings. The van der Waals surface area contributed by atoms with Gasteiger partial charge in [0.1, 0.15) is 11.5 Å². The summed E-state index contributed by atoms with van der Waals surface area (Å²) in [7, 11) is 0. The van der Waals surface area contributed by atoms with Crippen molar-refractivity contribution < 1.29 is 15.0 Å². The van der Waals surface area contributed by atoms with Crippen molar-refractivity contribution in [1.29, 1.82) is 0 Å². The minimum absolute atomic E-state index is 0.133. The van der Waals surface area contributed by atoms with E-state index >= 15 is 0 Å². The molecule has 0 aliphatic carbocycles. The summed E-state index contributed by atoms with van der Waals surface area (Å²) in [5.41, 5.74) is 1.68. The molecule has 0 bridgehead atoms. The van der Waals surface area contributed by atoms with E-state index in [1.807, 2.05) is 0 Å². The third-order valence-electron chi connectivity index (χ3n) is 2.67. The summed E-state index contributed by atoms with van der Waals surface area (Å²) in [4.78, 5) is 11.7. The summed E-state index contributed by atoms with van der Waals surface area (Å²) in [6.45, 7) is 0. The van der Waals surface area contributed by atoms with Crippen LogP contribution in [0.15, 0.2) is 60.7 Å². The fraction of sp³-hybridized carbons (Fsp3) is 0. The fourth-order valence-electron chi connectivity index (χ4n) is 1.58. The Bertz CT molecular complexity index is 577. The molecule has 3 heteroatoms. The summed E-state index contributed by atoms with van der Waals surface area (Å²) < 4.78 is 0. The van der Waals surface area contributed by atoms with Crippen LogP contribution >= 0.6 is 0 Å². The van der Waals surface area contributed by atoms with Crippen LogP contribution in [0.4, 0.5) is 0 Å². The van der Waals surface area contributed by atoms with Gasteiger partial charge in [0.15, 0.2) is 5.78 Å². The highest BCUT2D eigenvalue weighted by molar-refractivity contribution is 6.04. The van der Waals surface area contributed by atoms with Crippen LogP contribution in [0.1, 0.15) is 11.1 Å². The van der Waals surface area contributed by atoms with Gasteiger partial charge in [-0.25, -0.2) is 0 Å². The van der Waals surface area contributed by atoms with Crippen LogP contribution in [0.5, 0.6) is 11.5 Å². The Morgan fingerprint density at radius 3 is 1.40 bits per heavy atom. The van der Waals surface area contributed by atoms with Crippen LogP contribution in [0.3, 0.4) is 0 Å². The van der Waals surface area contributed by atoms with Crippen molar-refractivity contribution in [1.82, 2.24) is 0 Å². The van der Waals surface area contributed by atoms with Gasteiger partial charge in [-0.3, -0.25) is 4.79 Å². The Morgan fingerprint density at radius 2 is 1.05 bits per heavy atom. The van der Waals surface area contributed by atoms with Gasteiger partial charge in [0.25, 0.3) is 0 Å². The molecule has 20 heavy (non-hydrogen) atoms. The van der Waals surface area contributed by atoms with E-state index in [0.717, 1.165) is 11.1 Å². The summed E-state index contributed by atoms with van der Waals surface area (Å²) in [6, 6.07) is 13.2. The summed E-state index contributed by atoms with van der Waals surface area (Å²) in [5, 5.41) is 18.3. The van der Waals surface area contributed by atoms with Gasteiger partial charge in [-0.15, -0.1) is 0 Å². The first kappa shape index (κ1) is 13.6. The van der Waals surface area contributed by atoms with Crippen molar-refractivity contribution in [3.8, 4) is 11.5 Å². The maximum Gasteiger partial charge on any atom is 0.178 e. The van der Waals surface area contributed by atoms with Crippen LogP contribution < -0.4 is 0 Å². The van der Waals surface area contributed by atoms with Crippen molar-refractivity contribution in [2.24, 2.45) is 0 Å². The zero-order valence-corrected chi connectivity index (χ0v) is 10.7. The Hall–Kier alpha value is -2.81. The summed E-state index contributed by atoms with van der Waals surface area (Å²) in [5.74, 6) is 0.257. The number of allylic oxidation sites excluding steroid dienone is 2. The van der Waals surface area contributed by atoms with E-state index < -0.39 is 0 Å². The Labute approximate surface area is 117 Å². The molecule has 0 fully saturated rings. The molecule has 0 heterocycles. The Kier molecular flexibility index (Phi) is 4.35. The van der Waals surface area contributed by atoms with Gasteiger partial charge in [0, 0.05) is 0 Å². The quantitative estimate of drug-likeness (QED) is 0.834. The van der Waals surface area contributed by atoms with Gasteiger partial charge >= 0.3 is 0 Å². The first-order valence-corrected chi connectivity index (χ1v) is 6.12. The molecule has 0 atom stereocenters. The van der Waals surface area contributed by atoms with E-state index in [1.54, 1.807) is 60.7 Å².